The predicted molar refractivity (Wildman–Crippen MR) is 82.8 cm³/mol. The molecular weight excluding hydrogens is 256 g/mol. The molecule has 0 aliphatic rings. The molecule has 0 radical (unpaired) electrons. The Morgan fingerprint density at radius 1 is 1.42 bits per heavy atom. The minimum absolute atomic E-state index is 0.0360. The summed E-state index contributed by atoms with van der Waals surface area (Å²) in [5.74, 6) is 0.0360. The van der Waals surface area contributed by atoms with Gasteiger partial charge in [-0.15, -0.1) is 11.3 Å². The molecule has 0 fully saturated rings. The van der Waals surface area contributed by atoms with E-state index in [2.05, 4.69) is 6.07 Å². The first-order chi connectivity index (χ1) is 8.95. The zero-order valence-electron chi connectivity index (χ0n) is 11.9. The highest BCUT2D eigenvalue weighted by Gasteiger charge is 2.22. The van der Waals surface area contributed by atoms with E-state index >= 15 is 0 Å². The Morgan fingerprint density at radius 3 is 2.68 bits per heavy atom. The number of carbonyl (C=O) groups is 1. The Kier molecular flexibility index (Phi) is 3.80. The number of aryl methyl sites for hydroxylation is 1. The normalized spacial score (nSPS) is 11.2. The van der Waals surface area contributed by atoms with Crippen LogP contribution in [0.3, 0.4) is 0 Å². The van der Waals surface area contributed by atoms with Gasteiger partial charge in [0.05, 0.1) is 5.69 Å². The molecule has 1 heterocycles. The molecule has 0 atom stereocenters. The molecule has 4 heteroatoms. The highest BCUT2D eigenvalue weighted by molar-refractivity contribution is 7.21. The van der Waals surface area contributed by atoms with Crippen LogP contribution in [0.2, 0.25) is 0 Å². The number of hydrogen-bond donors (Lipinski definition) is 1. The summed E-state index contributed by atoms with van der Waals surface area (Å²) in [6.45, 7) is 8.78. The van der Waals surface area contributed by atoms with E-state index in [1.54, 1.807) is 0 Å². The third kappa shape index (κ3) is 2.45. The lowest BCUT2D eigenvalue weighted by Crippen LogP contribution is -2.36. The lowest BCUT2D eigenvalue weighted by Gasteiger charge is -2.24. The minimum atomic E-state index is 0.0360. The van der Waals surface area contributed by atoms with Crippen molar-refractivity contribution in [2.24, 2.45) is 0 Å². The number of nitrogen functional groups attached to an aromatic ring is 1. The van der Waals surface area contributed by atoms with E-state index < -0.39 is 0 Å². The number of anilines is 1. The molecular formula is C15H20N2OS. The number of benzene rings is 1. The number of thiophene rings is 1. The van der Waals surface area contributed by atoms with Gasteiger partial charge >= 0.3 is 0 Å². The van der Waals surface area contributed by atoms with Crippen molar-refractivity contribution in [1.29, 1.82) is 0 Å². The summed E-state index contributed by atoms with van der Waals surface area (Å²) in [6, 6.07) is 6.29. The Bertz CT molecular complexity index is 616. The first-order valence-corrected chi connectivity index (χ1v) is 7.37. The fourth-order valence-electron chi connectivity index (χ4n) is 2.26. The summed E-state index contributed by atoms with van der Waals surface area (Å²) >= 11 is 1.49. The molecule has 3 nitrogen and oxygen atoms in total. The van der Waals surface area contributed by atoms with Crippen molar-refractivity contribution in [3.05, 3.63) is 28.6 Å². The number of hydrogen-bond acceptors (Lipinski definition) is 3. The Labute approximate surface area is 118 Å². The van der Waals surface area contributed by atoms with Crippen molar-refractivity contribution in [1.82, 2.24) is 4.90 Å². The zero-order valence-corrected chi connectivity index (χ0v) is 12.7. The Hall–Kier alpha value is -1.55. The molecule has 0 saturated carbocycles. The minimum Gasteiger partial charge on any atom is -0.397 e. The largest absolute Gasteiger partial charge is 0.397 e. The van der Waals surface area contributed by atoms with Crippen LogP contribution < -0.4 is 5.73 Å². The van der Waals surface area contributed by atoms with Gasteiger partial charge in [-0.2, -0.15) is 0 Å². The van der Waals surface area contributed by atoms with Gasteiger partial charge in [0.1, 0.15) is 4.88 Å². The monoisotopic (exact) mass is 276 g/mol. The molecule has 0 aliphatic carbocycles. The van der Waals surface area contributed by atoms with E-state index in [0.717, 1.165) is 10.1 Å². The van der Waals surface area contributed by atoms with E-state index in [0.29, 0.717) is 17.1 Å². The molecule has 0 aliphatic heterocycles. The van der Waals surface area contributed by atoms with Gasteiger partial charge in [0, 0.05) is 22.7 Å². The van der Waals surface area contributed by atoms with Crippen LogP contribution in [-0.2, 0) is 0 Å². The quantitative estimate of drug-likeness (QED) is 0.930. The maximum atomic E-state index is 12.5. The lowest BCUT2D eigenvalue weighted by molar-refractivity contribution is 0.0723. The maximum Gasteiger partial charge on any atom is 0.266 e. The molecule has 102 valence electrons. The van der Waals surface area contributed by atoms with Crippen LogP contribution in [0.15, 0.2) is 18.2 Å². The second kappa shape index (κ2) is 5.21. The molecule has 2 N–H and O–H groups in total. The summed E-state index contributed by atoms with van der Waals surface area (Å²) in [5, 5.41) is 0.985. The second-order valence-electron chi connectivity index (χ2n) is 5.03. The van der Waals surface area contributed by atoms with Crippen molar-refractivity contribution in [2.45, 2.75) is 33.7 Å². The van der Waals surface area contributed by atoms with Crippen LogP contribution in [0.25, 0.3) is 10.1 Å². The van der Waals surface area contributed by atoms with Crippen molar-refractivity contribution >= 4 is 33.0 Å². The Morgan fingerprint density at radius 2 is 2.11 bits per heavy atom. The standard InChI is InChI=1S/C15H20N2OS/c1-5-17(9(2)3)15(18)14-13(16)11-7-6-10(4)8-12(11)19-14/h6-9H,5,16H2,1-4H3. The number of fused-ring (bicyclic) bond motifs is 1. The van der Waals surface area contributed by atoms with Crippen molar-refractivity contribution < 1.29 is 4.79 Å². The van der Waals surface area contributed by atoms with Gasteiger partial charge in [-0.25, -0.2) is 0 Å². The maximum absolute atomic E-state index is 12.5. The van der Waals surface area contributed by atoms with Crippen LogP contribution >= 0.6 is 11.3 Å². The van der Waals surface area contributed by atoms with Crippen LogP contribution in [0.1, 0.15) is 36.0 Å². The first kappa shape index (κ1) is 13.9. The van der Waals surface area contributed by atoms with Crippen molar-refractivity contribution in [3.63, 3.8) is 0 Å². The van der Waals surface area contributed by atoms with Gasteiger partial charge in [-0.1, -0.05) is 12.1 Å². The van der Waals surface area contributed by atoms with E-state index in [-0.39, 0.29) is 11.9 Å². The number of nitrogens with two attached hydrogens (primary N) is 1. The number of amides is 1. The highest BCUT2D eigenvalue weighted by atomic mass is 32.1. The smallest absolute Gasteiger partial charge is 0.266 e. The third-order valence-electron chi connectivity index (χ3n) is 3.30. The summed E-state index contributed by atoms with van der Waals surface area (Å²) in [5.41, 5.74) is 7.94. The highest BCUT2D eigenvalue weighted by Crippen LogP contribution is 2.35. The number of carbonyl (C=O) groups excluding carboxylic acids is 1. The van der Waals surface area contributed by atoms with Crippen LogP contribution in [0.4, 0.5) is 5.69 Å². The van der Waals surface area contributed by atoms with Crippen LogP contribution in [-0.4, -0.2) is 23.4 Å². The van der Waals surface area contributed by atoms with E-state index in [1.807, 2.05) is 44.7 Å². The average Bonchev–Trinajstić information content (AvgIpc) is 2.66. The average molecular weight is 276 g/mol. The molecule has 2 rings (SSSR count). The van der Waals surface area contributed by atoms with Gasteiger partial charge in [-0.05, 0) is 39.3 Å². The van der Waals surface area contributed by atoms with E-state index in [9.17, 15) is 4.79 Å². The summed E-state index contributed by atoms with van der Waals surface area (Å²) in [4.78, 5) is 15.1. The topological polar surface area (TPSA) is 46.3 Å². The van der Waals surface area contributed by atoms with E-state index in [4.69, 9.17) is 5.73 Å². The molecule has 0 spiro atoms. The van der Waals surface area contributed by atoms with Crippen LogP contribution in [0, 0.1) is 6.92 Å². The summed E-state index contributed by atoms with van der Waals surface area (Å²) < 4.78 is 1.08. The van der Waals surface area contributed by atoms with Gasteiger partial charge in [0.2, 0.25) is 0 Å². The van der Waals surface area contributed by atoms with E-state index in [1.165, 1.54) is 16.9 Å². The van der Waals surface area contributed by atoms with Gasteiger partial charge in [0.15, 0.2) is 0 Å². The summed E-state index contributed by atoms with van der Waals surface area (Å²) in [6.07, 6.45) is 0. The van der Waals surface area contributed by atoms with Crippen molar-refractivity contribution in [2.75, 3.05) is 12.3 Å². The third-order valence-corrected chi connectivity index (χ3v) is 4.46. The molecule has 1 amide bonds. The molecule has 1 aromatic carbocycles. The Balaban J connectivity index is 2.51. The fraction of sp³-hybridized carbons (Fsp3) is 0.400. The zero-order chi connectivity index (χ0) is 14.2. The first-order valence-electron chi connectivity index (χ1n) is 6.55. The molecule has 2 aromatic rings. The summed E-state index contributed by atoms with van der Waals surface area (Å²) in [7, 11) is 0. The molecule has 0 unspecified atom stereocenters. The molecule has 0 bridgehead atoms. The van der Waals surface area contributed by atoms with Crippen molar-refractivity contribution in [3.8, 4) is 0 Å². The van der Waals surface area contributed by atoms with Crippen LogP contribution in [0.5, 0.6) is 0 Å². The van der Waals surface area contributed by atoms with Gasteiger partial charge in [0.25, 0.3) is 5.91 Å². The second-order valence-corrected chi connectivity index (χ2v) is 6.08. The number of rotatable bonds is 3. The predicted octanol–water partition coefficient (Wildman–Crippen LogP) is 3.66. The molecule has 0 saturated heterocycles. The molecule has 1 aromatic heterocycles. The number of nitrogens with zero attached hydrogens (tertiary/aromatic N) is 1. The van der Waals surface area contributed by atoms with Gasteiger partial charge < -0.3 is 10.6 Å². The molecule has 19 heavy (non-hydrogen) atoms. The van der Waals surface area contributed by atoms with Gasteiger partial charge in [-0.3, -0.25) is 4.79 Å². The SMILES string of the molecule is CCN(C(=O)c1sc2cc(C)ccc2c1N)C(C)C. The lowest BCUT2D eigenvalue weighted by atomic mass is 10.1. The fourth-order valence-corrected chi connectivity index (χ4v) is 3.43.